The molecule has 90 valence electrons. The molecule has 0 saturated carbocycles. The summed E-state index contributed by atoms with van der Waals surface area (Å²) in [5.74, 6) is -4.88. The molecule has 3 N–H and O–H groups in total. The molecule has 0 aliphatic rings. The van der Waals surface area contributed by atoms with Crippen LogP contribution >= 0.6 is 12.4 Å². The summed E-state index contributed by atoms with van der Waals surface area (Å²) in [6.07, 6.45) is -0.0154. The first-order valence-corrected chi connectivity index (χ1v) is 4.19. The van der Waals surface area contributed by atoms with E-state index < -0.39 is 29.0 Å². The maximum absolute atomic E-state index is 13.0. The monoisotopic (exact) mass is 254 g/mol. The first-order chi connectivity index (χ1) is 7.06. The molecule has 0 aliphatic heterocycles. The molecule has 0 fully saturated rings. The fourth-order valence-electron chi connectivity index (χ4n) is 0.966. The van der Waals surface area contributed by atoms with Crippen molar-refractivity contribution in [1.82, 2.24) is 0 Å². The van der Waals surface area contributed by atoms with Gasteiger partial charge in [-0.05, 0) is 12.1 Å². The maximum Gasteiger partial charge on any atom is 0.225 e. The summed E-state index contributed by atoms with van der Waals surface area (Å²) in [5.41, 5.74) is 4.69. The molecule has 0 saturated heterocycles. The van der Waals surface area contributed by atoms with E-state index >= 15 is 0 Å². The predicted octanol–water partition coefficient (Wildman–Crippen LogP) is 1.81. The van der Waals surface area contributed by atoms with Crippen molar-refractivity contribution >= 4 is 24.0 Å². The molecule has 3 nitrogen and oxygen atoms in total. The van der Waals surface area contributed by atoms with Gasteiger partial charge in [-0.2, -0.15) is 0 Å². The van der Waals surface area contributed by atoms with Crippen molar-refractivity contribution in [2.75, 3.05) is 11.9 Å². The Morgan fingerprint density at radius 2 is 1.88 bits per heavy atom. The molecule has 0 heterocycles. The summed E-state index contributed by atoms with van der Waals surface area (Å²) in [6, 6.07) is 1.68. The van der Waals surface area contributed by atoms with Gasteiger partial charge in [0.1, 0.15) is 0 Å². The second-order valence-electron chi connectivity index (χ2n) is 2.81. The van der Waals surface area contributed by atoms with Crippen LogP contribution in [0.4, 0.5) is 18.9 Å². The van der Waals surface area contributed by atoms with Gasteiger partial charge in [0.25, 0.3) is 0 Å². The molecule has 7 heteroatoms. The van der Waals surface area contributed by atoms with E-state index in [0.29, 0.717) is 0 Å². The molecule has 1 rings (SSSR count). The summed E-state index contributed by atoms with van der Waals surface area (Å²) in [5, 5.41) is 2.08. The van der Waals surface area contributed by atoms with Crippen LogP contribution in [-0.2, 0) is 4.79 Å². The number of rotatable bonds is 3. The Kier molecular flexibility index (Phi) is 5.84. The Morgan fingerprint density at radius 3 is 2.44 bits per heavy atom. The minimum atomic E-state index is -1.61. The van der Waals surface area contributed by atoms with Crippen LogP contribution in [0.5, 0.6) is 0 Å². The molecule has 0 atom stereocenters. The predicted molar refractivity (Wildman–Crippen MR) is 55.9 cm³/mol. The summed E-state index contributed by atoms with van der Waals surface area (Å²) in [4.78, 5) is 11.0. The van der Waals surface area contributed by atoms with Crippen LogP contribution in [0.3, 0.4) is 0 Å². The van der Waals surface area contributed by atoms with Crippen molar-refractivity contribution in [3.8, 4) is 0 Å². The molecule has 0 spiro atoms. The number of carbonyl (C=O) groups excluding carboxylic acids is 1. The standard InChI is InChI=1S/C9H9F3N2O.ClH/c10-5-1-2-6(9(12)8(5)11)14-7(15)3-4-13;/h1-2H,3-4,13H2,(H,14,15);1H. The summed E-state index contributed by atoms with van der Waals surface area (Å²) in [7, 11) is 0. The quantitative estimate of drug-likeness (QED) is 0.809. The average molecular weight is 255 g/mol. The van der Waals surface area contributed by atoms with E-state index in [2.05, 4.69) is 5.32 Å². The molecule has 0 radical (unpaired) electrons. The Labute approximate surface area is 96.2 Å². The number of halogens is 4. The largest absolute Gasteiger partial charge is 0.330 e. The minimum absolute atomic E-state index is 0. The zero-order chi connectivity index (χ0) is 11.4. The molecular formula is C9H10ClF3N2O. The molecule has 16 heavy (non-hydrogen) atoms. The van der Waals surface area contributed by atoms with Gasteiger partial charge in [-0.3, -0.25) is 4.79 Å². The van der Waals surface area contributed by atoms with Crippen molar-refractivity contribution in [3.63, 3.8) is 0 Å². The Morgan fingerprint density at radius 1 is 1.25 bits per heavy atom. The molecule has 1 aromatic carbocycles. The molecule has 0 unspecified atom stereocenters. The van der Waals surface area contributed by atoms with Crippen molar-refractivity contribution in [2.45, 2.75) is 6.42 Å². The smallest absolute Gasteiger partial charge is 0.225 e. The van der Waals surface area contributed by atoms with E-state index in [1.807, 2.05) is 0 Å². The lowest BCUT2D eigenvalue weighted by Gasteiger charge is -2.06. The number of hydrogen-bond acceptors (Lipinski definition) is 2. The lowest BCUT2D eigenvalue weighted by molar-refractivity contribution is -0.116. The third-order valence-electron chi connectivity index (χ3n) is 1.68. The zero-order valence-electron chi connectivity index (χ0n) is 8.10. The van der Waals surface area contributed by atoms with Crippen molar-refractivity contribution in [1.29, 1.82) is 0 Å². The van der Waals surface area contributed by atoms with Gasteiger partial charge in [0.05, 0.1) is 5.69 Å². The highest BCUT2D eigenvalue weighted by Gasteiger charge is 2.14. The first-order valence-electron chi connectivity index (χ1n) is 4.19. The highest BCUT2D eigenvalue weighted by molar-refractivity contribution is 5.90. The molecule has 0 bridgehead atoms. The van der Waals surface area contributed by atoms with Crippen molar-refractivity contribution in [3.05, 3.63) is 29.6 Å². The number of anilines is 1. The number of benzene rings is 1. The van der Waals surface area contributed by atoms with Gasteiger partial charge >= 0.3 is 0 Å². The van der Waals surface area contributed by atoms with Gasteiger partial charge in [0.2, 0.25) is 5.91 Å². The number of carbonyl (C=O) groups is 1. The van der Waals surface area contributed by atoms with Crippen LogP contribution in [0.15, 0.2) is 12.1 Å². The second kappa shape index (κ2) is 6.34. The minimum Gasteiger partial charge on any atom is -0.330 e. The van der Waals surface area contributed by atoms with Crippen LogP contribution < -0.4 is 11.1 Å². The number of hydrogen-bond donors (Lipinski definition) is 2. The van der Waals surface area contributed by atoms with Crippen LogP contribution in [0.1, 0.15) is 6.42 Å². The Hall–Kier alpha value is -1.27. The van der Waals surface area contributed by atoms with Crippen LogP contribution in [0.25, 0.3) is 0 Å². The van der Waals surface area contributed by atoms with Gasteiger partial charge in [0.15, 0.2) is 17.5 Å². The second-order valence-corrected chi connectivity index (χ2v) is 2.81. The fraction of sp³-hybridized carbons (Fsp3) is 0.222. The maximum atomic E-state index is 13.0. The Balaban J connectivity index is 0.00000225. The normalized spacial score (nSPS) is 9.50. The number of nitrogens with two attached hydrogens (primary N) is 1. The number of nitrogens with one attached hydrogen (secondary N) is 1. The lowest BCUT2D eigenvalue weighted by Crippen LogP contribution is -2.17. The molecule has 1 aromatic rings. The van der Waals surface area contributed by atoms with Crippen molar-refractivity contribution in [2.24, 2.45) is 5.73 Å². The SMILES string of the molecule is Cl.NCCC(=O)Nc1ccc(F)c(F)c1F. The van der Waals surface area contributed by atoms with E-state index in [1.54, 1.807) is 0 Å². The lowest BCUT2D eigenvalue weighted by atomic mass is 10.2. The summed E-state index contributed by atoms with van der Waals surface area (Å²) < 4.78 is 38.2. The molecule has 1 amide bonds. The summed E-state index contributed by atoms with van der Waals surface area (Å²) >= 11 is 0. The third-order valence-corrected chi connectivity index (χ3v) is 1.68. The van der Waals surface area contributed by atoms with Gasteiger partial charge < -0.3 is 11.1 Å². The highest BCUT2D eigenvalue weighted by atomic mass is 35.5. The van der Waals surface area contributed by atoms with Crippen LogP contribution in [-0.4, -0.2) is 12.5 Å². The summed E-state index contributed by atoms with van der Waals surface area (Å²) in [6.45, 7) is 0.0944. The Bertz CT molecular complexity index is 387. The van der Waals surface area contributed by atoms with E-state index in [0.717, 1.165) is 12.1 Å². The highest BCUT2D eigenvalue weighted by Crippen LogP contribution is 2.19. The van der Waals surface area contributed by atoms with Gasteiger partial charge in [-0.1, -0.05) is 0 Å². The van der Waals surface area contributed by atoms with Gasteiger partial charge in [0, 0.05) is 13.0 Å². The molecule has 0 aliphatic carbocycles. The van der Waals surface area contributed by atoms with Crippen LogP contribution in [0, 0.1) is 17.5 Å². The average Bonchev–Trinajstić information content (AvgIpc) is 2.20. The molecule has 0 aromatic heterocycles. The van der Waals surface area contributed by atoms with Crippen LogP contribution in [0.2, 0.25) is 0 Å². The van der Waals surface area contributed by atoms with E-state index in [9.17, 15) is 18.0 Å². The first kappa shape index (κ1) is 14.7. The zero-order valence-corrected chi connectivity index (χ0v) is 8.91. The van der Waals surface area contributed by atoms with Gasteiger partial charge in [-0.25, -0.2) is 13.2 Å². The van der Waals surface area contributed by atoms with E-state index in [4.69, 9.17) is 5.73 Å². The van der Waals surface area contributed by atoms with E-state index in [-0.39, 0.29) is 25.4 Å². The van der Waals surface area contributed by atoms with Gasteiger partial charge in [-0.15, -0.1) is 12.4 Å². The van der Waals surface area contributed by atoms with Crippen molar-refractivity contribution < 1.29 is 18.0 Å². The fourth-order valence-corrected chi connectivity index (χ4v) is 0.966. The number of amides is 1. The topological polar surface area (TPSA) is 55.1 Å². The van der Waals surface area contributed by atoms with E-state index in [1.165, 1.54) is 0 Å². The third kappa shape index (κ3) is 3.39. The molecular weight excluding hydrogens is 245 g/mol.